The van der Waals surface area contributed by atoms with Crippen LogP contribution < -0.4 is 0 Å². The Bertz CT molecular complexity index is 828. The van der Waals surface area contributed by atoms with Crippen molar-refractivity contribution >= 4 is 22.2 Å². The topological polar surface area (TPSA) is 28.7 Å². The first kappa shape index (κ1) is 14.3. The molecule has 0 aliphatic heterocycles. The molecule has 0 unspecified atom stereocenters. The van der Waals surface area contributed by atoms with E-state index in [-0.39, 0.29) is 5.82 Å². The summed E-state index contributed by atoms with van der Waals surface area (Å²) in [6.07, 6.45) is 3.29. The highest BCUT2D eigenvalue weighted by Gasteiger charge is 2.05. The van der Waals surface area contributed by atoms with Crippen LogP contribution in [-0.4, -0.2) is 9.97 Å². The first-order valence-electron chi connectivity index (χ1n) is 7.18. The highest BCUT2D eigenvalue weighted by molar-refractivity contribution is 5.80. The quantitative estimate of drug-likeness (QED) is 0.687. The Morgan fingerprint density at radius 1 is 0.955 bits per heavy atom. The molecule has 0 radical (unpaired) electrons. The smallest absolute Gasteiger partial charge is 0.123 e. The molecule has 3 heteroatoms. The third kappa shape index (κ3) is 2.98. The van der Waals surface area contributed by atoms with Gasteiger partial charge in [-0.1, -0.05) is 31.4 Å². The lowest BCUT2D eigenvalue weighted by atomic mass is 9.96. The van der Waals surface area contributed by atoms with Crippen LogP contribution in [0.25, 0.3) is 22.2 Å². The Morgan fingerprint density at radius 3 is 2.32 bits per heavy atom. The first-order valence-corrected chi connectivity index (χ1v) is 7.18. The van der Waals surface area contributed by atoms with E-state index in [0.29, 0.717) is 0 Å². The summed E-state index contributed by atoms with van der Waals surface area (Å²) < 4.78 is 12.9. The molecule has 1 N–H and O–H groups in total. The molecule has 3 aromatic rings. The van der Waals surface area contributed by atoms with Crippen molar-refractivity contribution in [1.29, 1.82) is 0 Å². The highest BCUT2D eigenvalue weighted by Crippen LogP contribution is 2.26. The van der Waals surface area contributed by atoms with Crippen molar-refractivity contribution in [3.8, 4) is 0 Å². The van der Waals surface area contributed by atoms with Gasteiger partial charge in [0.2, 0.25) is 0 Å². The van der Waals surface area contributed by atoms with Crippen LogP contribution in [0.3, 0.4) is 0 Å². The van der Waals surface area contributed by atoms with E-state index in [1.807, 2.05) is 18.2 Å². The molecule has 0 saturated carbocycles. The largest absolute Gasteiger partial charge is 0.345 e. The predicted molar refractivity (Wildman–Crippen MR) is 89.8 cm³/mol. The molecule has 0 saturated heterocycles. The lowest BCUT2D eigenvalue weighted by Gasteiger charge is -2.09. The second kappa shape index (κ2) is 5.98. The Hall–Kier alpha value is -2.68. The van der Waals surface area contributed by atoms with Crippen LogP contribution in [0.2, 0.25) is 0 Å². The van der Waals surface area contributed by atoms with Gasteiger partial charge in [-0.05, 0) is 59.4 Å². The number of H-pyrrole nitrogens is 1. The summed E-state index contributed by atoms with van der Waals surface area (Å²) in [7, 11) is 0. The van der Waals surface area contributed by atoms with E-state index in [9.17, 15) is 4.39 Å². The van der Waals surface area contributed by atoms with Gasteiger partial charge in [0.05, 0.1) is 17.4 Å². The maximum absolute atomic E-state index is 12.9. The Labute approximate surface area is 129 Å². The fourth-order valence-corrected chi connectivity index (χ4v) is 2.43. The molecule has 0 atom stereocenters. The number of nitrogens with one attached hydrogen (secondary N) is 1. The van der Waals surface area contributed by atoms with Crippen LogP contribution >= 0.6 is 0 Å². The summed E-state index contributed by atoms with van der Waals surface area (Å²) in [5, 5.41) is 0. The molecule has 1 aromatic heterocycles. The van der Waals surface area contributed by atoms with Gasteiger partial charge in [0, 0.05) is 0 Å². The van der Waals surface area contributed by atoms with Gasteiger partial charge in [0.25, 0.3) is 0 Å². The van der Waals surface area contributed by atoms with Crippen LogP contribution in [0.1, 0.15) is 24.0 Å². The van der Waals surface area contributed by atoms with Crippen molar-refractivity contribution in [2.75, 3.05) is 0 Å². The van der Waals surface area contributed by atoms with Crippen LogP contribution in [-0.2, 0) is 0 Å². The average Bonchev–Trinajstić information content (AvgIpc) is 3.00. The second-order valence-electron chi connectivity index (χ2n) is 5.35. The molecule has 3 rings (SSSR count). The molecule has 0 aliphatic carbocycles. The fourth-order valence-electron chi connectivity index (χ4n) is 2.43. The molecule has 0 fully saturated rings. The van der Waals surface area contributed by atoms with E-state index < -0.39 is 0 Å². The average molecular weight is 292 g/mol. The number of hydrogen-bond acceptors (Lipinski definition) is 1. The summed E-state index contributed by atoms with van der Waals surface area (Å²) in [6.45, 7) is 8.24. The molecule has 22 heavy (non-hydrogen) atoms. The first-order chi connectivity index (χ1) is 10.6. The van der Waals surface area contributed by atoms with E-state index >= 15 is 0 Å². The number of nitrogens with zero attached hydrogens (tertiary/aromatic N) is 1. The number of hydrogen-bond donors (Lipinski definition) is 1. The Morgan fingerprint density at radius 2 is 1.59 bits per heavy atom. The molecule has 1 heterocycles. The van der Waals surface area contributed by atoms with Gasteiger partial charge in [0.15, 0.2) is 0 Å². The molecule has 0 bridgehead atoms. The third-order valence-corrected chi connectivity index (χ3v) is 3.81. The Balaban J connectivity index is 1.66. The number of aromatic nitrogens is 2. The minimum atomic E-state index is -0.228. The molecule has 0 aliphatic rings. The fraction of sp³-hybridized carbons (Fsp3) is 0.105. The molecule has 2 aromatic carbocycles. The zero-order valence-electron chi connectivity index (χ0n) is 12.3. The maximum atomic E-state index is 12.9. The number of fused-ring (bicyclic) bond motifs is 1. The van der Waals surface area contributed by atoms with Crippen LogP contribution in [0.5, 0.6) is 0 Å². The predicted octanol–water partition coefficient (Wildman–Crippen LogP) is 5.21. The van der Waals surface area contributed by atoms with E-state index in [4.69, 9.17) is 0 Å². The van der Waals surface area contributed by atoms with Crippen LogP contribution in [0.15, 0.2) is 61.9 Å². The molecular weight excluding hydrogens is 275 g/mol. The number of halogens is 1. The molecule has 2 nitrogen and oxygen atoms in total. The zero-order valence-corrected chi connectivity index (χ0v) is 12.3. The summed E-state index contributed by atoms with van der Waals surface area (Å²) in [5.41, 5.74) is 6.06. The maximum Gasteiger partial charge on any atom is 0.123 e. The number of imidazole rings is 1. The summed E-state index contributed by atoms with van der Waals surface area (Å²) >= 11 is 0. The minimum Gasteiger partial charge on any atom is -0.345 e. The molecular formula is C19H17FN2. The monoisotopic (exact) mass is 292 g/mol. The second-order valence-corrected chi connectivity index (χ2v) is 5.35. The molecule has 110 valence electrons. The van der Waals surface area contributed by atoms with Crippen LogP contribution in [0.4, 0.5) is 4.39 Å². The van der Waals surface area contributed by atoms with Crippen molar-refractivity contribution in [3.05, 3.63) is 78.9 Å². The Kier molecular flexibility index (Phi) is 3.88. The van der Waals surface area contributed by atoms with Gasteiger partial charge in [-0.15, -0.1) is 0 Å². The van der Waals surface area contributed by atoms with Crippen molar-refractivity contribution in [1.82, 2.24) is 9.97 Å². The third-order valence-electron chi connectivity index (χ3n) is 3.81. The number of benzene rings is 2. The summed E-state index contributed by atoms with van der Waals surface area (Å²) in [5.74, 6) is -0.228. The van der Waals surface area contributed by atoms with Gasteiger partial charge in [-0.2, -0.15) is 0 Å². The van der Waals surface area contributed by atoms with Gasteiger partial charge in [0.1, 0.15) is 5.82 Å². The van der Waals surface area contributed by atoms with Gasteiger partial charge in [-0.3, -0.25) is 0 Å². The van der Waals surface area contributed by atoms with Gasteiger partial charge >= 0.3 is 0 Å². The number of allylic oxidation sites excluding steroid dienone is 2. The van der Waals surface area contributed by atoms with E-state index in [0.717, 1.165) is 46.1 Å². The normalized spacial score (nSPS) is 10.8. The van der Waals surface area contributed by atoms with Gasteiger partial charge < -0.3 is 4.98 Å². The van der Waals surface area contributed by atoms with E-state index in [1.54, 1.807) is 18.5 Å². The van der Waals surface area contributed by atoms with Crippen LogP contribution in [0, 0.1) is 5.82 Å². The van der Waals surface area contributed by atoms with Crippen molar-refractivity contribution < 1.29 is 4.39 Å². The summed E-state index contributed by atoms with van der Waals surface area (Å²) in [4.78, 5) is 7.34. The highest BCUT2D eigenvalue weighted by atomic mass is 19.1. The molecule has 0 amide bonds. The molecule has 0 spiro atoms. The lowest BCUT2D eigenvalue weighted by molar-refractivity contribution is 0.627. The zero-order chi connectivity index (χ0) is 15.5. The van der Waals surface area contributed by atoms with E-state index in [1.165, 1.54) is 12.1 Å². The number of aromatic amines is 1. The minimum absolute atomic E-state index is 0.228. The SMILES string of the molecule is C=C(CCC(=C)c1ccc2[nH]cnc2c1)c1ccc(F)cc1. The van der Waals surface area contributed by atoms with E-state index in [2.05, 4.69) is 23.1 Å². The van der Waals surface area contributed by atoms with Crippen molar-refractivity contribution in [3.63, 3.8) is 0 Å². The van der Waals surface area contributed by atoms with Crippen molar-refractivity contribution in [2.45, 2.75) is 12.8 Å². The summed E-state index contributed by atoms with van der Waals surface area (Å²) in [6, 6.07) is 12.5. The standard InChI is InChI=1S/C19H17FN2/c1-13(15-5-8-17(20)9-6-15)3-4-14(2)16-7-10-18-19(11-16)22-12-21-18/h5-12H,1-4H2,(H,21,22). The van der Waals surface area contributed by atoms with Gasteiger partial charge in [-0.25, -0.2) is 9.37 Å². The number of rotatable bonds is 5. The van der Waals surface area contributed by atoms with Crippen molar-refractivity contribution in [2.24, 2.45) is 0 Å². The lowest BCUT2D eigenvalue weighted by Crippen LogP contribution is -1.88.